The van der Waals surface area contributed by atoms with Crippen LogP contribution in [0.15, 0.2) is 41.3 Å². The molecule has 0 aliphatic rings. The number of anilines is 1. The number of carbonyl (C=O) groups is 2. The molecule has 0 fully saturated rings. The molecule has 7 heteroatoms. The summed E-state index contributed by atoms with van der Waals surface area (Å²) in [6.45, 7) is 5.85. The van der Waals surface area contributed by atoms with Gasteiger partial charge < -0.3 is 15.0 Å². The Kier molecular flexibility index (Phi) is 7.78. The van der Waals surface area contributed by atoms with Crippen molar-refractivity contribution in [1.82, 2.24) is 4.90 Å². The summed E-state index contributed by atoms with van der Waals surface area (Å²) in [5.41, 5.74) is 2.43. The molecule has 0 aromatic heterocycles. The Morgan fingerprint density at radius 2 is 1.89 bits per heavy atom. The monoisotopic (exact) mass is 420 g/mol. The molecule has 2 amide bonds. The summed E-state index contributed by atoms with van der Waals surface area (Å²) in [7, 11) is 3.37. The average molecular weight is 421 g/mol. The third-order valence-corrected chi connectivity index (χ3v) is 5.52. The topological polar surface area (TPSA) is 58.6 Å². The second kappa shape index (κ2) is 9.85. The molecule has 0 aliphatic heterocycles. The number of rotatable bonds is 6. The maximum absolute atomic E-state index is 12.4. The number of halogens is 1. The van der Waals surface area contributed by atoms with E-state index in [1.807, 2.05) is 39.0 Å². The van der Waals surface area contributed by atoms with Crippen LogP contribution in [0, 0.1) is 6.92 Å². The van der Waals surface area contributed by atoms with Crippen molar-refractivity contribution in [2.75, 3.05) is 26.0 Å². The predicted octanol–water partition coefficient (Wildman–Crippen LogP) is 5.56. The van der Waals surface area contributed by atoms with Crippen molar-refractivity contribution in [1.29, 1.82) is 0 Å². The van der Waals surface area contributed by atoms with Gasteiger partial charge in [-0.25, -0.2) is 0 Å². The fourth-order valence-electron chi connectivity index (χ4n) is 2.42. The van der Waals surface area contributed by atoms with Gasteiger partial charge in [0.25, 0.3) is 11.1 Å². The Labute approximate surface area is 175 Å². The molecule has 0 saturated carbocycles. The number of para-hydroxylation sites is 1. The lowest BCUT2D eigenvalue weighted by atomic mass is 10.0. The Bertz CT molecular complexity index is 869. The number of ether oxygens (including phenoxy) is 1. The molecule has 150 valence electrons. The van der Waals surface area contributed by atoms with Gasteiger partial charge in [0.1, 0.15) is 5.75 Å². The van der Waals surface area contributed by atoms with Crippen molar-refractivity contribution in [2.24, 2.45) is 0 Å². The Balaban J connectivity index is 2.08. The van der Waals surface area contributed by atoms with Crippen molar-refractivity contribution < 1.29 is 14.3 Å². The number of nitrogens with one attached hydrogen (secondary N) is 1. The highest BCUT2D eigenvalue weighted by atomic mass is 35.5. The van der Waals surface area contributed by atoms with Crippen LogP contribution in [0.25, 0.3) is 0 Å². The quantitative estimate of drug-likeness (QED) is 0.621. The van der Waals surface area contributed by atoms with Gasteiger partial charge in [0.15, 0.2) is 6.61 Å². The van der Waals surface area contributed by atoms with E-state index in [0.29, 0.717) is 21.4 Å². The van der Waals surface area contributed by atoms with Crippen LogP contribution >= 0.6 is 23.4 Å². The fourth-order valence-corrected chi connectivity index (χ4v) is 3.34. The Morgan fingerprint density at radius 1 is 1.21 bits per heavy atom. The molecule has 2 aromatic rings. The van der Waals surface area contributed by atoms with Crippen molar-refractivity contribution >= 4 is 40.2 Å². The number of hydrogen-bond donors (Lipinski definition) is 1. The van der Waals surface area contributed by atoms with Gasteiger partial charge >= 0.3 is 0 Å². The van der Waals surface area contributed by atoms with Gasteiger partial charge in [-0.2, -0.15) is 0 Å². The second-order valence-corrected chi connectivity index (χ2v) is 8.29. The van der Waals surface area contributed by atoms with E-state index in [1.54, 1.807) is 32.3 Å². The summed E-state index contributed by atoms with van der Waals surface area (Å²) in [6.07, 6.45) is 0. The van der Waals surface area contributed by atoms with Crippen LogP contribution < -0.4 is 10.1 Å². The van der Waals surface area contributed by atoms with Crippen molar-refractivity contribution in [2.45, 2.75) is 31.6 Å². The summed E-state index contributed by atoms with van der Waals surface area (Å²) in [5.74, 6) is 0.565. The summed E-state index contributed by atoms with van der Waals surface area (Å²) in [5, 5.41) is 3.38. The van der Waals surface area contributed by atoms with E-state index >= 15 is 0 Å². The third kappa shape index (κ3) is 5.91. The molecule has 2 rings (SSSR count). The summed E-state index contributed by atoms with van der Waals surface area (Å²) in [4.78, 5) is 26.6. The van der Waals surface area contributed by atoms with Gasteiger partial charge in [-0.3, -0.25) is 9.59 Å². The molecular formula is C21H25ClN2O3S. The predicted molar refractivity (Wildman–Crippen MR) is 116 cm³/mol. The number of carbonyl (C=O) groups excluding carboxylic acids is 2. The van der Waals surface area contributed by atoms with Gasteiger partial charge in [0.2, 0.25) is 0 Å². The first-order valence-electron chi connectivity index (χ1n) is 8.90. The second-order valence-electron chi connectivity index (χ2n) is 6.89. The average Bonchev–Trinajstić information content (AvgIpc) is 2.63. The van der Waals surface area contributed by atoms with E-state index in [1.165, 1.54) is 4.90 Å². The SMILES string of the molecule is Cc1cc(OCC(=O)Nc2ccccc2SC(=O)N(C)C)c(C(C)C)cc1Cl. The maximum atomic E-state index is 12.4. The highest BCUT2D eigenvalue weighted by Gasteiger charge is 2.15. The fraction of sp³-hybridized carbons (Fsp3) is 0.333. The van der Waals surface area contributed by atoms with E-state index in [9.17, 15) is 9.59 Å². The van der Waals surface area contributed by atoms with Gasteiger partial charge in [0, 0.05) is 24.0 Å². The van der Waals surface area contributed by atoms with Crippen molar-refractivity contribution in [3.63, 3.8) is 0 Å². The smallest absolute Gasteiger partial charge is 0.286 e. The molecular weight excluding hydrogens is 396 g/mol. The zero-order valence-electron chi connectivity index (χ0n) is 16.7. The zero-order chi connectivity index (χ0) is 20.8. The lowest BCUT2D eigenvalue weighted by Gasteiger charge is -2.16. The lowest BCUT2D eigenvalue weighted by Crippen LogP contribution is -2.21. The lowest BCUT2D eigenvalue weighted by molar-refractivity contribution is -0.118. The minimum absolute atomic E-state index is 0.115. The molecule has 2 aromatic carbocycles. The standard InChI is InChI=1S/C21H25ClN2O3S/c1-13(2)15-11-16(22)14(3)10-18(15)27-12-20(25)23-17-8-6-7-9-19(17)28-21(26)24(4)5/h6-11,13H,12H2,1-5H3,(H,23,25). The molecule has 0 aliphatic carbocycles. The molecule has 0 saturated heterocycles. The van der Waals surface area contributed by atoms with Crippen molar-refractivity contribution in [3.8, 4) is 5.75 Å². The van der Waals surface area contributed by atoms with E-state index in [0.717, 1.165) is 22.9 Å². The first kappa shape index (κ1) is 22.1. The zero-order valence-corrected chi connectivity index (χ0v) is 18.3. The van der Waals surface area contributed by atoms with Gasteiger partial charge in [0.05, 0.1) is 5.69 Å². The van der Waals surface area contributed by atoms with Crippen LogP contribution in [0.1, 0.15) is 30.9 Å². The molecule has 0 bridgehead atoms. The molecule has 28 heavy (non-hydrogen) atoms. The maximum Gasteiger partial charge on any atom is 0.286 e. The summed E-state index contributed by atoms with van der Waals surface area (Å²) in [6, 6.07) is 10.9. The van der Waals surface area contributed by atoms with Crippen molar-refractivity contribution in [3.05, 3.63) is 52.5 Å². The molecule has 1 N–H and O–H groups in total. The molecule has 0 radical (unpaired) electrons. The molecule has 0 atom stereocenters. The molecule has 5 nitrogen and oxygen atoms in total. The highest BCUT2D eigenvalue weighted by molar-refractivity contribution is 8.13. The number of amides is 2. The molecule has 0 spiro atoms. The van der Waals surface area contributed by atoms with Gasteiger partial charge in [-0.05, 0) is 60.0 Å². The number of thioether (sulfide) groups is 1. The summed E-state index contributed by atoms with van der Waals surface area (Å²) >= 11 is 7.27. The first-order chi connectivity index (χ1) is 13.2. The Morgan fingerprint density at radius 3 is 2.54 bits per heavy atom. The number of benzene rings is 2. The van der Waals surface area contributed by atoms with E-state index < -0.39 is 0 Å². The van der Waals surface area contributed by atoms with E-state index in [-0.39, 0.29) is 23.7 Å². The summed E-state index contributed by atoms with van der Waals surface area (Å²) < 4.78 is 5.77. The van der Waals surface area contributed by atoms with Crippen LogP contribution in [0.5, 0.6) is 5.75 Å². The Hall–Kier alpha value is -2.18. The van der Waals surface area contributed by atoms with Gasteiger partial charge in [-0.1, -0.05) is 37.6 Å². The number of aryl methyl sites for hydroxylation is 1. The van der Waals surface area contributed by atoms with Crippen LogP contribution in [-0.4, -0.2) is 36.7 Å². The largest absolute Gasteiger partial charge is 0.483 e. The number of hydrogen-bond acceptors (Lipinski definition) is 4. The minimum Gasteiger partial charge on any atom is -0.483 e. The highest BCUT2D eigenvalue weighted by Crippen LogP contribution is 2.32. The van der Waals surface area contributed by atoms with E-state index in [4.69, 9.17) is 16.3 Å². The minimum atomic E-state index is -0.298. The van der Waals surface area contributed by atoms with E-state index in [2.05, 4.69) is 5.32 Å². The van der Waals surface area contributed by atoms with Crippen LogP contribution in [0.3, 0.4) is 0 Å². The molecule has 0 unspecified atom stereocenters. The number of nitrogens with zero attached hydrogens (tertiary/aromatic N) is 1. The first-order valence-corrected chi connectivity index (χ1v) is 10.1. The van der Waals surface area contributed by atoms with Crippen LogP contribution in [0.4, 0.5) is 10.5 Å². The normalized spacial score (nSPS) is 10.7. The molecule has 0 heterocycles. The van der Waals surface area contributed by atoms with Crippen LogP contribution in [-0.2, 0) is 4.79 Å². The third-order valence-electron chi connectivity index (χ3n) is 4.00. The van der Waals surface area contributed by atoms with Crippen LogP contribution in [0.2, 0.25) is 5.02 Å². The van der Waals surface area contributed by atoms with Gasteiger partial charge in [-0.15, -0.1) is 0 Å².